The zero-order valence-electron chi connectivity index (χ0n) is 9.26. The van der Waals surface area contributed by atoms with Gasteiger partial charge in [-0.15, -0.1) is 12.4 Å². The average Bonchev–Trinajstić information content (AvgIpc) is 2.30. The molecule has 1 heterocycles. The van der Waals surface area contributed by atoms with E-state index in [9.17, 15) is 0 Å². The van der Waals surface area contributed by atoms with Gasteiger partial charge in [0, 0.05) is 12.1 Å². The highest BCUT2D eigenvalue weighted by Gasteiger charge is 2.01. The third kappa shape index (κ3) is 3.57. The maximum absolute atomic E-state index is 7.33. The molecule has 0 radical (unpaired) electrons. The number of nitrogens with zero attached hydrogens (tertiary/aromatic N) is 1. The summed E-state index contributed by atoms with van der Waals surface area (Å²) in [6.45, 7) is 0. The Morgan fingerprint density at radius 3 is 2.41 bits per heavy atom. The number of pyridine rings is 1. The van der Waals surface area contributed by atoms with Gasteiger partial charge in [0.15, 0.2) is 0 Å². The predicted molar refractivity (Wildman–Crippen MR) is 71.7 cm³/mol. The Hall–Kier alpha value is -1.87. The largest absolute Gasteiger partial charge is 0.382 e. The number of rotatable bonds is 3. The highest BCUT2D eigenvalue weighted by molar-refractivity contribution is 5.92. The lowest BCUT2D eigenvalue weighted by Gasteiger charge is -2.03. The van der Waals surface area contributed by atoms with E-state index in [1.54, 1.807) is 6.07 Å². The summed E-state index contributed by atoms with van der Waals surface area (Å²) in [5.41, 5.74) is 8.07. The number of nitrogen functional groups attached to an aromatic ring is 1. The molecule has 0 saturated carbocycles. The van der Waals surface area contributed by atoms with Crippen molar-refractivity contribution < 1.29 is 0 Å². The maximum Gasteiger partial charge on any atom is 0.141 e. The lowest BCUT2D eigenvalue weighted by atomic mass is 10.1. The van der Waals surface area contributed by atoms with E-state index in [0.717, 1.165) is 12.1 Å². The number of hydrogen-bond acceptors (Lipinski definition) is 2. The molecule has 0 aliphatic heterocycles. The average molecular weight is 248 g/mol. The molecule has 3 N–H and O–H groups in total. The van der Waals surface area contributed by atoms with Crippen molar-refractivity contribution >= 4 is 18.2 Å². The van der Waals surface area contributed by atoms with Gasteiger partial charge in [-0.1, -0.05) is 36.4 Å². The van der Waals surface area contributed by atoms with E-state index >= 15 is 0 Å². The van der Waals surface area contributed by atoms with Gasteiger partial charge in [0.05, 0.1) is 0 Å². The van der Waals surface area contributed by atoms with Crippen molar-refractivity contribution in [1.29, 1.82) is 5.41 Å². The topological polar surface area (TPSA) is 62.8 Å². The number of nitrogens with two attached hydrogens (primary N) is 1. The molecule has 0 amide bonds. The minimum Gasteiger partial charge on any atom is -0.382 e. The highest BCUT2D eigenvalue weighted by atomic mass is 35.5. The normalized spacial score (nSPS) is 9.41. The summed E-state index contributed by atoms with van der Waals surface area (Å²) in [6, 6.07) is 15.7. The van der Waals surface area contributed by atoms with Gasteiger partial charge in [0.25, 0.3) is 0 Å². The fourth-order valence-corrected chi connectivity index (χ4v) is 1.53. The van der Waals surface area contributed by atoms with E-state index in [-0.39, 0.29) is 18.2 Å². The molecule has 0 aliphatic carbocycles. The van der Waals surface area contributed by atoms with Crippen LogP contribution in [0.4, 0.5) is 0 Å². The predicted octanol–water partition coefficient (Wildman–Crippen LogP) is 2.38. The Morgan fingerprint density at radius 1 is 1.06 bits per heavy atom. The fourth-order valence-electron chi connectivity index (χ4n) is 1.53. The van der Waals surface area contributed by atoms with Crippen molar-refractivity contribution in [2.75, 3.05) is 0 Å². The number of nitrogens with one attached hydrogen (secondary N) is 1. The zero-order valence-corrected chi connectivity index (χ0v) is 10.1. The molecular weight excluding hydrogens is 234 g/mol. The smallest absolute Gasteiger partial charge is 0.141 e. The summed E-state index contributed by atoms with van der Waals surface area (Å²) in [4.78, 5) is 4.32. The molecule has 0 bridgehead atoms. The van der Waals surface area contributed by atoms with Crippen molar-refractivity contribution in [3.05, 3.63) is 65.5 Å². The number of amidine groups is 1. The van der Waals surface area contributed by atoms with E-state index < -0.39 is 0 Å². The van der Waals surface area contributed by atoms with E-state index in [0.29, 0.717) is 5.69 Å². The van der Waals surface area contributed by atoms with Crippen LogP contribution in [-0.4, -0.2) is 10.8 Å². The molecule has 0 fully saturated rings. The molecule has 1 aromatic heterocycles. The molecule has 0 atom stereocenters. The van der Waals surface area contributed by atoms with Gasteiger partial charge in [-0.25, -0.2) is 4.98 Å². The quantitative estimate of drug-likeness (QED) is 0.646. The lowest BCUT2D eigenvalue weighted by molar-refractivity contribution is 1.06. The Balaban J connectivity index is 0.00000144. The molecule has 0 saturated heterocycles. The molecule has 88 valence electrons. The van der Waals surface area contributed by atoms with E-state index in [1.165, 1.54) is 5.56 Å². The summed E-state index contributed by atoms with van der Waals surface area (Å²) in [6.07, 6.45) is 0.766. The molecule has 0 spiro atoms. The summed E-state index contributed by atoms with van der Waals surface area (Å²) < 4.78 is 0. The molecule has 1 aromatic carbocycles. The van der Waals surface area contributed by atoms with Crippen LogP contribution in [0, 0.1) is 5.41 Å². The molecule has 0 unspecified atom stereocenters. The molecule has 17 heavy (non-hydrogen) atoms. The van der Waals surface area contributed by atoms with Crippen LogP contribution in [0.3, 0.4) is 0 Å². The minimum absolute atomic E-state index is 0. The van der Waals surface area contributed by atoms with Crippen molar-refractivity contribution in [2.24, 2.45) is 5.73 Å². The Kier molecular flexibility index (Phi) is 4.67. The van der Waals surface area contributed by atoms with Crippen LogP contribution in [0.1, 0.15) is 17.0 Å². The standard InChI is InChI=1S/C13H13N3.ClH/c14-13(15)12-8-4-7-11(16-12)9-10-5-2-1-3-6-10;/h1-8H,9H2,(H3,14,15);1H. The van der Waals surface area contributed by atoms with Crippen molar-refractivity contribution in [2.45, 2.75) is 6.42 Å². The lowest BCUT2D eigenvalue weighted by Crippen LogP contribution is -2.13. The van der Waals surface area contributed by atoms with Crippen molar-refractivity contribution in [3.8, 4) is 0 Å². The van der Waals surface area contributed by atoms with Crippen LogP contribution in [0.25, 0.3) is 0 Å². The Labute approximate surface area is 107 Å². The van der Waals surface area contributed by atoms with Crippen LogP contribution in [0.5, 0.6) is 0 Å². The number of hydrogen-bond donors (Lipinski definition) is 2. The first kappa shape index (κ1) is 13.2. The molecular formula is C13H14ClN3. The van der Waals surface area contributed by atoms with E-state index in [1.807, 2.05) is 30.3 Å². The van der Waals surface area contributed by atoms with Crippen molar-refractivity contribution in [1.82, 2.24) is 4.98 Å². The number of benzene rings is 1. The third-order valence-electron chi connectivity index (χ3n) is 2.31. The van der Waals surface area contributed by atoms with Gasteiger partial charge in [0.2, 0.25) is 0 Å². The zero-order chi connectivity index (χ0) is 11.4. The Morgan fingerprint density at radius 2 is 1.76 bits per heavy atom. The first-order valence-electron chi connectivity index (χ1n) is 5.10. The first-order chi connectivity index (χ1) is 7.75. The second kappa shape index (κ2) is 6.01. The molecule has 4 heteroatoms. The second-order valence-corrected chi connectivity index (χ2v) is 3.59. The van der Waals surface area contributed by atoms with Crippen LogP contribution < -0.4 is 5.73 Å². The summed E-state index contributed by atoms with van der Waals surface area (Å²) in [5.74, 6) is 0.00918. The van der Waals surface area contributed by atoms with Gasteiger partial charge in [-0.2, -0.15) is 0 Å². The van der Waals surface area contributed by atoms with Crippen molar-refractivity contribution in [3.63, 3.8) is 0 Å². The first-order valence-corrected chi connectivity index (χ1v) is 5.10. The van der Waals surface area contributed by atoms with Crippen LogP contribution in [0.2, 0.25) is 0 Å². The third-order valence-corrected chi connectivity index (χ3v) is 2.31. The molecule has 2 rings (SSSR count). The minimum atomic E-state index is 0. The number of halogens is 1. The van der Waals surface area contributed by atoms with Crippen LogP contribution >= 0.6 is 12.4 Å². The monoisotopic (exact) mass is 247 g/mol. The number of aromatic nitrogens is 1. The van der Waals surface area contributed by atoms with Gasteiger partial charge >= 0.3 is 0 Å². The maximum atomic E-state index is 7.33. The summed E-state index contributed by atoms with van der Waals surface area (Å²) in [7, 11) is 0. The molecule has 3 nitrogen and oxygen atoms in total. The SMILES string of the molecule is Cl.N=C(N)c1cccc(Cc2ccccc2)n1. The molecule has 0 aliphatic rings. The summed E-state index contributed by atoms with van der Waals surface area (Å²) in [5, 5.41) is 7.33. The second-order valence-electron chi connectivity index (χ2n) is 3.59. The van der Waals surface area contributed by atoms with Gasteiger partial charge in [-0.3, -0.25) is 5.41 Å². The molecule has 2 aromatic rings. The van der Waals surface area contributed by atoms with Crippen LogP contribution in [0.15, 0.2) is 48.5 Å². The summed E-state index contributed by atoms with van der Waals surface area (Å²) >= 11 is 0. The van der Waals surface area contributed by atoms with Gasteiger partial charge in [0.1, 0.15) is 11.5 Å². The van der Waals surface area contributed by atoms with Crippen LogP contribution in [-0.2, 0) is 6.42 Å². The van der Waals surface area contributed by atoms with Gasteiger partial charge < -0.3 is 5.73 Å². The fraction of sp³-hybridized carbons (Fsp3) is 0.0769. The van der Waals surface area contributed by atoms with E-state index in [2.05, 4.69) is 17.1 Å². The van der Waals surface area contributed by atoms with Gasteiger partial charge in [-0.05, 0) is 17.7 Å². The Bertz CT molecular complexity index is 497. The van der Waals surface area contributed by atoms with E-state index in [4.69, 9.17) is 11.1 Å². The highest BCUT2D eigenvalue weighted by Crippen LogP contribution is 2.07.